The normalized spacial score (nSPS) is 28.5. The fourth-order valence-electron chi connectivity index (χ4n) is 2.67. The highest BCUT2D eigenvalue weighted by atomic mass is 31.2. The second-order valence-corrected chi connectivity index (χ2v) is 6.97. The molecule has 26 heavy (non-hydrogen) atoms. The average molecular weight is 393 g/mol. The third kappa shape index (κ3) is 3.37. The van der Waals surface area contributed by atoms with Crippen LogP contribution in [0.25, 0.3) is 11.2 Å². The van der Waals surface area contributed by atoms with Crippen LogP contribution >= 0.6 is 7.82 Å². The number of ether oxygens (including phenoxy) is 2. The van der Waals surface area contributed by atoms with Crippen LogP contribution in [0.1, 0.15) is 6.23 Å². The van der Waals surface area contributed by atoms with E-state index < -0.39 is 38.0 Å². The van der Waals surface area contributed by atoms with Crippen molar-refractivity contribution in [3.8, 4) is 0 Å². The third-order valence-corrected chi connectivity index (χ3v) is 4.78. The van der Waals surface area contributed by atoms with Crippen molar-refractivity contribution in [3.05, 3.63) is 16.7 Å². The number of aromatic nitrogens is 4. The summed E-state index contributed by atoms with van der Waals surface area (Å²) in [5.74, 6) is -0.182. The number of anilines is 1. The molecule has 1 saturated heterocycles. The number of phosphoric acid groups is 1. The zero-order valence-corrected chi connectivity index (χ0v) is 14.6. The Labute approximate surface area is 145 Å². The van der Waals surface area contributed by atoms with E-state index in [1.807, 2.05) is 0 Å². The summed E-state index contributed by atoms with van der Waals surface area (Å²) in [6.45, 7) is -0.117. The number of hydrogen-bond donors (Lipinski definition) is 3. The van der Waals surface area contributed by atoms with Crippen LogP contribution in [0.4, 0.5) is 10.3 Å². The van der Waals surface area contributed by atoms with Crippen LogP contribution in [0.2, 0.25) is 0 Å². The van der Waals surface area contributed by atoms with Crippen molar-refractivity contribution in [3.63, 3.8) is 0 Å². The lowest BCUT2D eigenvalue weighted by molar-refractivity contribution is -0.0541. The summed E-state index contributed by atoms with van der Waals surface area (Å²) in [5.41, 5.74) is 4.85. The highest BCUT2D eigenvalue weighted by Crippen LogP contribution is 2.48. The van der Waals surface area contributed by atoms with Gasteiger partial charge in [0, 0.05) is 14.2 Å². The van der Waals surface area contributed by atoms with Crippen LogP contribution in [0.15, 0.2) is 11.1 Å². The molecule has 0 radical (unpaired) electrons. The highest BCUT2D eigenvalue weighted by molar-refractivity contribution is 7.47. The molecule has 3 heterocycles. The monoisotopic (exact) mass is 393 g/mol. The van der Waals surface area contributed by atoms with Crippen LogP contribution in [0.3, 0.4) is 0 Å². The Morgan fingerprint density at radius 3 is 2.92 bits per heavy atom. The number of rotatable bonds is 6. The third-order valence-electron chi connectivity index (χ3n) is 3.81. The minimum atomic E-state index is -4.48. The van der Waals surface area contributed by atoms with Crippen LogP contribution < -0.4 is 11.3 Å². The van der Waals surface area contributed by atoms with Crippen LogP contribution in [0.5, 0.6) is 0 Å². The first kappa shape index (κ1) is 18.9. The van der Waals surface area contributed by atoms with E-state index in [4.69, 9.17) is 19.7 Å². The summed E-state index contributed by atoms with van der Waals surface area (Å²) in [4.78, 5) is 31.4. The molecule has 0 aromatic carbocycles. The fourth-order valence-corrected chi connectivity index (χ4v) is 3.31. The fraction of sp³-hybridized carbons (Fsp3) is 0.583. The number of methoxy groups -OCH3 is 1. The Kier molecular flexibility index (Phi) is 5.10. The second kappa shape index (κ2) is 7.02. The molecule has 0 saturated carbocycles. The number of halogens is 1. The van der Waals surface area contributed by atoms with E-state index in [0.717, 1.165) is 18.0 Å². The van der Waals surface area contributed by atoms with Crippen LogP contribution in [0, 0.1) is 0 Å². The van der Waals surface area contributed by atoms with Crippen molar-refractivity contribution >= 4 is 24.9 Å². The summed E-state index contributed by atoms with van der Waals surface area (Å²) in [7, 11) is -2.17. The van der Waals surface area contributed by atoms with E-state index in [1.165, 1.54) is 7.11 Å². The lowest BCUT2D eigenvalue weighted by Gasteiger charge is -2.20. The molecule has 14 heteroatoms. The smallest absolute Gasteiger partial charge is 0.382 e. The van der Waals surface area contributed by atoms with E-state index in [-0.39, 0.29) is 23.7 Å². The molecule has 2 unspecified atom stereocenters. The topological polar surface area (TPSA) is 164 Å². The molecule has 0 aliphatic carbocycles. The van der Waals surface area contributed by atoms with Gasteiger partial charge in [0.15, 0.2) is 23.6 Å². The Bertz CT molecular complexity index is 904. The maximum atomic E-state index is 15.0. The van der Waals surface area contributed by atoms with Gasteiger partial charge in [0.1, 0.15) is 12.2 Å². The zero-order valence-electron chi connectivity index (χ0n) is 13.7. The molecule has 1 aliphatic heterocycles. The average Bonchev–Trinajstić information content (AvgIpc) is 3.11. The first-order chi connectivity index (χ1) is 12.3. The highest BCUT2D eigenvalue weighted by Gasteiger charge is 2.50. The first-order valence-corrected chi connectivity index (χ1v) is 8.84. The van der Waals surface area contributed by atoms with Gasteiger partial charge in [0.2, 0.25) is 5.95 Å². The molecular formula is C12H17FN5O7P. The number of phosphoric ester groups is 1. The Morgan fingerprint density at radius 2 is 2.27 bits per heavy atom. The second-order valence-electron chi connectivity index (χ2n) is 5.46. The van der Waals surface area contributed by atoms with Gasteiger partial charge in [-0.2, -0.15) is 4.98 Å². The number of alkyl halides is 1. The van der Waals surface area contributed by atoms with Crippen molar-refractivity contribution in [2.75, 3.05) is 26.6 Å². The molecular weight excluding hydrogens is 376 g/mol. The van der Waals surface area contributed by atoms with Crippen molar-refractivity contribution < 1.29 is 32.4 Å². The minimum absolute atomic E-state index is 0.00496. The molecule has 0 bridgehead atoms. The molecule has 2 aromatic rings. The number of hydrogen-bond acceptors (Lipinski definition) is 9. The molecule has 2 aromatic heterocycles. The molecule has 12 nitrogen and oxygen atoms in total. The molecule has 0 amide bonds. The van der Waals surface area contributed by atoms with Crippen LogP contribution in [-0.2, 0) is 23.1 Å². The van der Waals surface area contributed by atoms with E-state index in [0.29, 0.717) is 0 Å². The molecule has 4 N–H and O–H groups in total. The lowest BCUT2D eigenvalue weighted by Crippen LogP contribution is -2.33. The standard InChI is InChI=1S/C12H17FN5O7P/c1-22-3-5-8(25-26(20,21)23-2)6(13)11(24-5)18-4-15-7-9(18)16-12(14)17-10(7)19/h4-6,8,11H,3H2,1-2H3,(H,20,21)(H3,14,16,17,19)/t5-,6+,8?,11-/m1/s1. The quantitative estimate of drug-likeness (QED) is 0.556. The first-order valence-electron chi connectivity index (χ1n) is 7.35. The largest absolute Gasteiger partial charge is 0.472 e. The van der Waals surface area contributed by atoms with Gasteiger partial charge in [-0.15, -0.1) is 0 Å². The van der Waals surface area contributed by atoms with Crippen LogP contribution in [-0.4, -0.2) is 63.6 Å². The number of nitrogens with one attached hydrogen (secondary N) is 1. The zero-order chi connectivity index (χ0) is 19.1. The van der Waals surface area contributed by atoms with Crippen molar-refractivity contribution in [2.24, 2.45) is 0 Å². The van der Waals surface area contributed by atoms with Gasteiger partial charge in [-0.1, -0.05) is 0 Å². The number of nitrogens with zero attached hydrogens (tertiary/aromatic N) is 3. The number of imidazole rings is 1. The van der Waals surface area contributed by atoms with Gasteiger partial charge in [-0.05, 0) is 0 Å². The molecule has 0 spiro atoms. The predicted molar refractivity (Wildman–Crippen MR) is 85.0 cm³/mol. The SMILES string of the molecule is COC[C@H]1O[C@@H](n2cnc3c(=O)[nH]c(N)nc32)[C@@H](F)C1OP(=O)(O)OC. The van der Waals surface area contributed by atoms with E-state index >= 15 is 0 Å². The molecule has 144 valence electrons. The summed E-state index contributed by atoms with van der Waals surface area (Å²) in [6, 6.07) is 0. The van der Waals surface area contributed by atoms with E-state index in [1.54, 1.807) is 0 Å². The number of aromatic amines is 1. The van der Waals surface area contributed by atoms with Gasteiger partial charge in [-0.25, -0.2) is 13.9 Å². The Balaban J connectivity index is 1.98. The van der Waals surface area contributed by atoms with E-state index in [9.17, 15) is 18.6 Å². The maximum absolute atomic E-state index is 15.0. The van der Waals surface area contributed by atoms with Gasteiger partial charge >= 0.3 is 7.82 Å². The van der Waals surface area contributed by atoms with Gasteiger partial charge in [0.25, 0.3) is 5.56 Å². The Hall–Kier alpha value is -1.89. The summed E-state index contributed by atoms with van der Waals surface area (Å²) >= 11 is 0. The summed E-state index contributed by atoms with van der Waals surface area (Å²) in [5, 5.41) is 0. The van der Waals surface area contributed by atoms with Gasteiger partial charge < -0.3 is 20.1 Å². The van der Waals surface area contributed by atoms with E-state index in [2.05, 4.69) is 19.5 Å². The molecule has 1 aliphatic rings. The number of fused-ring (bicyclic) bond motifs is 1. The number of H-pyrrole nitrogens is 1. The maximum Gasteiger partial charge on any atom is 0.472 e. The Morgan fingerprint density at radius 1 is 1.54 bits per heavy atom. The molecule has 3 rings (SSSR count). The lowest BCUT2D eigenvalue weighted by atomic mass is 10.1. The van der Waals surface area contributed by atoms with Crippen molar-refractivity contribution in [1.82, 2.24) is 19.5 Å². The van der Waals surface area contributed by atoms with Gasteiger partial charge in [-0.3, -0.25) is 23.4 Å². The predicted octanol–water partition coefficient (Wildman–Crippen LogP) is -0.284. The molecule has 1 fully saturated rings. The summed E-state index contributed by atoms with van der Waals surface area (Å²) in [6.07, 6.45) is -4.58. The number of nitrogens with two attached hydrogens (primary N) is 1. The van der Waals surface area contributed by atoms with Crippen molar-refractivity contribution in [2.45, 2.75) is 24.6 Å². The summed E-state index contributed by atoms with van der Waals surface area (Å²) < 4.78 is 47.6. The molecule has 5 atom stereocenters. The van der Waals surface area contributed by atoms with Crippen molar-refractivity contribution in [1.29, 1.82) is 0 Å². The minimum Gasteiger partial charge on any atom is -0.382 e. The van der Waals surface area contributed by atoms with Gasteiger partial charge in [0.05, 0.1) is 12.9 Å². The number of nitrogen functional groups attached to an aromatic ring is 1.